The molecule has 1 saturated heterocycles. The molecular weight excluding hydrogens is 198 g/mol. The van der Waals surface area contributed by atoms with E-state index < -0.39 is 11.2 Å². The molecule has 3 nitrogen and oxygen atoms in total. The quantitative estimate of drug-likeness (QED) is 0.734. The highest BCUT2D eigenvalue weighted by molar-refractivity contribution is 7.92. The van der Waals surface area contributed by atoms with Gasteiger partial charge >= 0.3 is 0 Å². The van der Waals surface area contributed by atoms with Crippen LogP contribution in [0.1, 0.15) is 0 Å². The maximum absolute atomic E-state index is 11.9. The van der Waals surface area contributed by atoms with Gasteiger partial charge in [0.15, 0.2) is 4.90 Å². The molecule has 1 heterocycles. The Bertz CT molecular complexity index is 275. The zero-order valence-electron chi connectivity index (χ0n) is 7.81. The van der Waals surface area contributed by atoms with Crippen LogP contribution in [0.15, 0.2) is 35.2 Å². The van der Waals surface area contributed by atoms with E-state index in [1.54, 1.807) is 0 Å². The summed E-state index contributed by atoms with van der Waals surface area (Å²) in [7, 11) is 0. The molecule has 1 fully saturated rings. The summed E-state index contributed by atoms with van der Waals surface area (Å²) < 4.78 is 17.4. The molecule has 0 bridgehead atoms. The van der Waals surface area contributed by atoms with Gasteiger partial charge < -0.3 is 14.6 Å². The summed E-state index contributed by atoms with van der Waals surface area (Å²) in [5.41, 5.74) is -0.203. The fraction of sp³-hybridized carbons (Fsp3) is 0.400. The first-order chi connectivity index (χ1) is 6.88. The van der Waals surface area contributed by atoms with Crippen LogP contribution in [-0.2, 0) is 15.9 Å². The van der Waals surface area contributed by atoms with Crippen molar-refractivity contribution in [2.24, 2.45) is 0 Å². The van der Waals surface area contributed by atoms with E-state index in [9.17, 15) is 4.55 Å². The number of rotatable bonds is 2. The molecule has 1 aliphatic heterocycles. The van der Waals surface area contributed by atoms with Crippen LogP contribution in [0.5, 0.6) is 0 Å². The molecule has 0 aliphatic carbocycles. The first-order valence-corrected chi connectivity index (χ1v) is 5.87. The van der Waals surface area contributed by atoms with Crippen molar-refractivity contribution in [3.8, 4) is 0 Å². The minimum atomic E-state index is -1.05. The normalized spacial score (nSPS) is 24.5. The molecule has 1 aromatic carbocycles. The van der Waals surface area contributed by atoms with E-state index in [-0.39, 0.29) is 5.44 Å². The number of hydrogen-bond acceptors (Lipinski definition) is 3. The topological polar surface area (TPSA) is 44.3 Å². The molecule has 0 spiro atoms. The van der Waals surface area contributed by atoms with Crippen LogP contribution in [0, 0.1) is 0 Å². The number of morpholine rings is 1. The third-order valence-electron chi connectivity index (χ3n) is 2.11. The van der Waals surface area contributed by atoms with Gasteiger partial charge in [-0.3, -0.25) is 0 Å². The number of nitrogens with one attached hydrogen (secondary N) is 1. The minimum Gasteiger partial charge on any atom is -0.609 e. The second-order valence-corrected chi connectivity index (χ2v) is 4.71. The van der Waals surface area contributed by atoms with Crippen LogP contribution in [0.4, 0.5) is 0 Å². The number of hydrogen-bond donors (Lipinski definition) is 1. The summed E-state index contributed by atoms with van der Waals surface area (Å²) >= 11 is -1.05. The maximum Gasteiger partial charge on any atom is 0.233 e. The Balaban J connectivity index is 2.03. The van der Waals surface area contributed by atoms with Crippen LogP contribution in [0.3, 0.4) is 0 Å². The standard InChI is InChI=1S/C10H13NO2S/c12-14(9-4-2-1-3-5-9)10-8-11-6-7-13-10/h1-5,10-11H,6-8H2. The van der Waals surface area contributed by atoms with E-state index >= 15 is 0 Å². The Morgan fingerprint density at radius 3 is 2.79 bits per heavy atom. The molecule has 0 aromatic heterocycles. The molecule has 0 saturated carbocycles. The molecule has 2 unspecified atom stereocenters. The monoisotopic (exact) mass is 211 g/mol. The fourth-order valence-electron chi connectivity index (χ4n) is 1.39. The Hall–Kier alpha value is -0.550. The summed E-state index contributed by atoms with van der Waals surface area (Å²) in [5, 5.41) is 3.17. The van der Waals surface area contributed by atoms with Gasteiger partial charge in [-0.25, -0.2) is 0 Å². The largest absolute Gasteiger partial charge is 0.609 e. The van der Waals surface area contributed by atoms with Gasteiger partial charge in [-0.1, -0.05) is 18.2 Å². The molecule has 2 rings (SSSR count). The van der Waals surface area contributed by atoms with Crippen molar-refractivity contribution >= 4 is 11.2 Å². The van der Waals surface area contributed by atoms with Crippen LogP contribution < -0.4 is 5.32 Å². The van der Waals surface area contributed by atoms with E-state index in [0.717, 1.165) is 11.4 Å². The van der Waals surface area contributed by atoms with Crippen LogP contribution in [-0.4, -0.2) is 29.7 Å². The van der Waals surface area contributed by atoms with Gasteiger partial charge in [0, 0.05) is 17.7 Å². The average molecular weight is 211 g/mol. The molecule has 76 valence electrons. The van der Waals surface area contributed by atoms with E-state index in [1.165, 1.54) is 0 Å². The van der Waals surface area contributed by atoms with Crippen molar-refractivity contribution in [1.29, 1.82) is 0 Å². The third kappa shape index (κ3) is 2.27. The lowest BCUT2D eigenvalue weighted by atomic mass is 10.4. The predicted molar refractivity (Wildman–Crippen MR) is 55.5 cm³/mol. The fourth-order valence-corrected chi connectivity index (χ4v) is 2.60. The van der Waals surface area contributed by atoms with Crippen LogP contribution in [0.2, 0.25) is 0 Å². The molecule has 1 aliphatic rings. The van der Waals surface area contributed by atoms with Crippen molar-refractivity contribution in [1.82, 2.24) is 5.32 Å². The molecule has 1 N–H and O–H groups in total. The summed E-state index contributed by atoms with van der Waals surface area (Å²) in [5.74, 6) is 0. The molecular formula is C10H13NO2S. The second kappa shape index (κ2) is 4.79. The lowest BCUT2D eigenvalue weighted by Crippen LogP contribution is -2.42. The van der Waals surface area contributed by atoms with Gasteiger partial charge in [0.05, 0.1) is 13.2 Å². The van der Waals surface area contributed by atoms with Gasteiger partial charge in [-0.05, 0) is 12.1 Å². The highest BCUT2D eigenvalue weighted by Gasteiger charge is 2.27. The van der Waals surface area contributed by atoms with Crippen molar-refractivity contribution in [2.45, 2.75) is 10.3 Å². The zero-order valence-corrected chi connectivity index (χ0v) is 8.63. The third-order valence-corrected chi connectivity index (χ3v) is 3.62. The van der Waals surface area contributed by atoms with Gasteiger partial charge in [0.25, 0.3) is 0 Å². The van der Waals surface area contributed by atoms with E-state index in [0.29, 0.717) is 13.2 Å². The highest BCUT2D eigenvalue weighted by Crippen LogP contribution is 2.17. The Kier molecular flexibility index (Phi) is 3.42. The zero-order chi connectivity index (χ0) is 9.80. The van der Waals surface area contributed by atoms with Crippen molar-refractivity contribution in [2.75, 3.05) is 19.7 Å². The SMILES string of the molecule is [O-][S+](c1ccccc1)C1CNCCO1. The first-order valence-electron chi connectivity index (χ1n) is 4.66. The van der Waals surface area contributed by atoms with Crippen molar-refractivity contribution < 1.29 is 9.29 Å². The van der Waals surface area contributed by atoms with Gasteiger partial charge in [0.2, 0.25) is 5.44 Å². The molecule has 4 heteroatoms. The molecule has 0 amide bonds. The van der Waals surface area contributed by atoms with E-state index in [4.69, 9.17) is 4.74 Å². The van der Waals surface area contributed by atoms with E-state index in [2.05, 4.69) is 5.32 Å². The average Bonchev–Trinajstić information content (AvgIpc) is 2.30. The molecule has 2 atom stereocenters. The number of ether oxygens (including phenoxy) is 1. The Labute approximate surface area is 86.6 Å². The summed E-state index contributed by atoms with van der Waals surface area (Å²) in [6, 6.07) is 9.44. The smallest absolute Gasteiger partial charge is 0.233 e. The Morgan fingerprint density at radius 2 is 2.14 bits per heavy atom. The molecule has 0 radical (unpaired) electrons. The highest BCUT2D eigenvalue weighted by atomic mass is 32.2. The number of benzene rings is 1. The maximum atomic E-state index is 11.9. The summed E-state index contributed by atoms with van der Waals surface area (Å²) in [6.45, 7) is 2.16. The lowest BCUT2D eigenvalue weighted by Gasteiger charge is -2.25. The lowest BCUT2D eigenvalue weighted by molar-refractivity contribution is 0.0785. The first kappa shape index (κ1) is 9.98. The predicted octanol–water partition coefficient (Wildman–Crippen LogP) is 0.740. The summed E-state index contributed by atoms with van der Waals surface area (Å²) in [6.07, 6.45) is 0. The minimum absolute atomic E-state index is 0.203. The van der Waals surface area contributed by atoms with Crippen LogP contribution >= 0.6 is 0 Å². The van der Waals surface area contributed by atoms with Gasteiger partial charge in [-0.2, -0.15) is 0 Å². The molecule has 14 heavy (non-hydrogen) atoms. The van der Waals surface area contributed by atoms with Crippen molar-refractivity contribution in [3.05, 3.63) is 30.3 Å². The van der Waals surface area contributed by atoms with E-state index in [1.807, 2.05) is 30.3 Å². The van der Waals surface area contributed by atoms with Crippen LogP contribution in [0.25, 0.3) is 0 Å². The Morgan fingerprint density at radius 1 is 1.36 bits per heavy atom. The molecule has 1 aromatic rings. The summed E-state index contributed by atoms with van der Waals surface area (Å²) in [4.78, 5) is 0.834. The second-order valence-electron chi connectivity index (χ2n) is 3.11. The van der Waals surface area contributed by atoms with Gasteiger partial charge in [-0.15, -0.1) is 0 Å². The van der Waals surface area contributed by atoms with Crippen molar-refractivity contribution in [3.63, 3.8) is 0 Å². The van der Waals surface area contributed by atoms with Gasteiger partial charge in [0.1, 0.15) is 0 Å².